The van der Waals surface area contributed by atoms with Crippen LogP contribution in [0.1, 0.15) is 11.1 Å². The molecule has 0 saturated carbocycles. The molecule has 0 spiro atoms. The third-order valence-corrected chi connectivity index (χ3v) is 4.38. The van der Waals surface area contributed by atoms with Gasteiger partial charge >= 0.3 is 0 Å². The van der Waals surface area contributed by atoms with Crippen LogP contribution in [-0.4, -0.2) is 4.57 Å². The Bertz CT molecular complexity index is 965. The molecule has 3 rings (SSSR count). The lowest BCUT2D eigenvalue weighted by atomic mass is 10.2. The second kappa shape index (κ2) is 7.83. The number of ether oxygens (including phenoxy) is 1. The number of hydrogen-bond donors (Lipinski definition) is 2. The van der Waals surface area contributed by atoms with E-state index < -0.39 is 0 Å². The molecule has 26 heavy (non-hydrogen) atoms. The van der Waals surface area contributed by atoms with Crippen LogP contribution in [0.25, 0.3) is 0 Å². The summed E-state index contributed by atoms with van der Waals surface area (Å²) in [5.41, 5.74) is 4.54. The summed E-state index contributed by atoms with van der Waals surface area (Å²) in [6.45, 7) is 2.18. The summed E-state index contributed by atoms with van der Waals surface area (Å²) in [5.74, 6) is 6.14. The Labute approximate surface area is 160 Å². The minimum atomic E-state index is -0.0823. The molecule has 0 amide bonds. The number of nitrogens with two attached hydrogens (primary N) is 1. The lowest BCUT2D eigenvalue weighted by Gasteiger charge is -2.14. The summed E-state index contributed by atoms with van der Waals surface area (Å²) < 4.78 is 7.46. The van der Waals surface area contributed by atoms with Crippen LogP contribution < -0.4 is 21.6 Å². The van der Waals surface area contributed by atoms with Crippen LogP contribution >= 0.6 is 23.2 Å². The summed E-state index contributed by atoms with van der Waals surface area (Å²) in [7, 11) is 0. The number of nitrogen functional groups attached to an aromatic ring is 1. The first-order valence-corrected chi connectivity index (χ1v) is 8.62. The Hall–Kier alpha value is -2.47. The van der Waals surface area contributed by atoms with Gasteiger partial charge in [-0.1, -0.05) is 53.5 Å². The smallest absolute Gasteiger partial charge is 0.254 e. The van der Waals surface area contributed by atoms with Crippen molar-refractivity contribution in [2.75, 3.05) is 5.43 Å². The van der Waals surface area contributed by atoms with Crippen LogP contribution in [0.3, 0.4) is 0 Å². The molecule has 134 valence electrons. The number of benzene rings is 2. The molecule has 0 bridgehead atoms. The van der Waals surface area contributed by atoms with Gasteiger partial charge in [-0.3, -0.25) is 10.6 Å². The van der Waals surface area contributed by atoms with E-state index in [1.54, 1.807) is 35.9 Å². The van der Waals surface area contributed by atoms with Crippen molar-refractivity contribution in [3.63, 3.8) is 0 Å². The molecule has 0 unspecified atom stereocenters. The summed E-state index contributed by atoms with van der Waals surface area (Å²) in [5, 5.41) is 0.618. The van der Waals surface area contributed by atoms with Crippen molar-refractivity contribution >= 4 is 28.9 Å². The van der Waals surface area contributed by atoms with Gasteiger partial charge in [-0.05, 0) is 30.7 Å². The number of halogens is 2. The fraction of sp³-hybridized carbons (Fsp3) is 0.105. The topological polar surface area (TPSA) is 69.3 Å². The van der Waals surface area contributed by atoms with E-state index in [9.17, 15) is 4.79 Å². The van der Waals surface area contributed by atoms with E-state index in [2.05, 4.69) is 5.43 Å². The Morgan fingerprint density at radius 2 is 1.77 bits per heavy atom. The highest BCUT2D eigenvalue weighted by molar-refractivity contribution is 6.37. The average molecular weight is 390 g/mol. The van der Waals surface area contributed by atoms with E-state index in [0.717, 1.165) is 5.56 Å². The van der Waals surface area contributed by atoms with Gasteiger partial charge in [-0.25, -0.2) is 0 Å². The SMILES string of the molecule is Cc1cc(Oc2c(Cl)cc(NN)cc2Cl)cn(Cc2ccccc2)c1=O. The van der Waals surface area contributed by atoms with Crippen molar-refractivity contribution in [1.29, 1.82) is 0 Å². The van der Waals surface area contributed by atoms with Gasteiger partial charge in [0.25, 0.3) is 5.56 Å². The maximum Gasteiger partial charge on any atom is 0.254 e. The molecule has 1 heterocycles. The molecule has 2 aromatic carbocycles. The monoisotopic (exact) mass is 389 g/mol. The second-order valence-electron chi connectivity index (χ2n) is 5.79. The first kappa shape index (κ1) is 18.3. The number of rotatable bonds is 5. The number of aromatic nitrogens is 1. The van der Waals surface area contributed by atoms with Gasteiger partial charge in [-0.2, -0.15) is 0 Å². The minimum Gasteiger partial charge on any atom is -0.453 e. The minimum absolute atomic E-state index is 0.0823. The summed E-state index contributed by atoms with van der Waals surface area (Å²) >= 11 is 12.5. The van der Waals surface area contributed by atoms with Crippen LogP contribution in [0, 0.1) is 6.92 Å². The summed E-state index contributed by atoms with van der Waals surface area (Å²) in [4.78, 5) is 12.4. The molecule has 0 fully saturated rings. The fourth-order valence-electron chi connectivity index (χ4n) is 2.56. The number of pyridine rings is 1. The molecule has 0 aliphatic rings. The van der Waals surface area contributed by atoms with Gasteiger partial charge in [0, 0.05) is 5.56 Å². The molecule has 7 heteroatoms. The molecule has 0 saturated heterocycles. The molecule has 0 atom stereocenters. The summed E-state index contributed by atoms with van der Waals surface area (Å²) in [6, 6.07) is 14.6. The first-order chi connectivity index (χ1) is 12.5. The van der Waals surface area contributed by atoms with Gasteiger partial charge in [0.15, 0.2) is 5.75 Å². The summed E-state index contributed by atoms with van der Waals surface area (Å²) in [6.07, 6.45) is 1.64. The quantitative estimate of drug-likeness (QED) is 0.494. The van der Waals surface area contributed by atoms with Crippen LogP contribution in [0.4, 0.5) is 5.69 Å². The number of anilines is 1. The predicted molar refractivity (Wildman–Crippen MR) is 105 cm³/mol. The molecule has 0 aliphatic heterocycles. The highest BCUT2D eigenvalue weighted by Gasteiger charge is 2.13. The third kappa shape index (κ3) is 4.02. The van der Waals surface area contributed by atoms with Crippen molar-refractivity contribution < 1.29 is 4.74 Å². The molecular formula is C19H17Cl2N3O2. The van der Waals surface area contributed by atoms with Gasteiger partial charge in [0.05, 0.1) is 28.5 Å². The highest BCUT2D eigenvalue weighted by Crippen LogP contribution is 2.38. The lowest BCUT2D eigenvalue weighted by Crippen LogP contribution is -2.22. The van der Waals surface area contributed by atoms with E-state index in [0.29, 0.717) is 39.3 Å². The van der Waals surface area contributed by atoms with E-state index >= 15 is 0 Å². The third-order valence-electron chi connectivity index (χ3n) is 3.82. The highest BCUT2D eigenvalue weighted by atomic mass is 35.5. The van der Waals surface area contributed by atoms with E-state index in [4.69, 9.17) is 33.8 Å². The lowest BCUT2D eigenvalue weighted by molar-refractivity contribution is 0.474. The van der Waals surface area contributed by atoms with Crippen LogP contribution in [0.15, 0.2) is 59.5 Å². The van der Waals surface area contributed by atoms with Crippen molar-refractivity contribution in [2.24, 2.45) is 5.84 Å². The Morgan fingerprint density at radius 1 is 1.12 bits per heavy atom. The molecule has 5 nitrogen and oxygen atoms in total. The molecule has 0 aliphatic carbocycles. The zero-order chi connectivity index (χ0) is 18.7. The van der Waals surface area contributed by atoms with E-state index in [1.807, 2.05) is 30.3 Å². The van der Waals surface area contributed by atoms with Gasteiger partial charge < -0.3 is 14.7 Å². The van der Waals surface area contributed by atoms with Crippen LogP contribution in [0.2, 0.25) is 10.0 Å². The van der Waals surface area contributed by atoms with Gasteiger partial charge in [-0.15, -0.1) is 0 Å². The van der Waals surface area contributed by atoms with Crippen molar-refractivity contribution in [2.45, 2.75) is 13.5 Å². The number of aryl methyl sites for hydroxylation is 1. The standard InChI is InChI=1S/C19H17Cl2N3O2/c1-12-7-15(26-18-16(20)8-14(23-22)9-17(18)21)11-24(19(12)25)10-13-5-3-2-4-6-13/h2-9,11,23H,10,22H2,1H3. The molecule has 3 N–H and O–H groups in total. The number of hydrogen-bond acceptors (Lipinski definition) is 4. The largest absolute Gasteiger partial charge is 0.453 e. The van der Waals surface area contributed by atoms with Crippen LogP contribution in [0.5, 0.6) is 11.5 Å². The van der Waals surface area contributed by atoms with Crippen molar-refractivity contribution in [3.8, 4) is 11.5 Å². The number of nitrogens with zero attached hydrogens (tertiary/aromatic N) is 1. The molecule has 0 radical (unpaired) electrons. The zero-order valence-electron chi connectivity index (χ0n) is 14.0. The fourth-order valence-corrected chi connectivity index (χ4v) is 3.13. The predicted octanol–water partition coefficient (Wildman–Crippen LogP) is 4.59. The molecule has 1 aromatic heterocycles. The first-order valence-electron chi connectivity index (χ1n) is 7.86. The van der Waals surface area contributed by atoms with Gasteiger partial charge in [0.2, 0.25) is 0 Å². The van der Waals surface area contributed by atoms with Crippen LogP contribution in [-0.2, 0) is 6.54 Å². The van der Waals surface area contributed by atoms with Crippen molar-refractivity contribution in [1.82, 2.24) is 4.57 Å². The number of hydrazine groups is 1. The van der Waals surface area contributed by atoms with Crippen molar-refractivity contribution in [3.05, 3.63) is 86.3 Å². The Balaban J connectivity index is 1.96. The van der Waals surface area contributed by atoms with Gasteiger partial charge in [0.1, 0.15) is 5.75 Å². The normalized spacial score (nSPS) is 10.6. The zero-order valence-corrected chi connectivity index (χ0v) is 15.5. The number of nitrogens with one attached hydrogen (secondary N) is 1. The maximum absolute atomic E-state index is 12.4. The average Bonchev–Trinajstić information content (AvgIpc) is 2.63. The maximum atomic E-state index is 12.4. The van der Waals surface area contributed by atoms with E-state index in [-0.39, 0.29) is 5.56 Å². The Kier molecular flexibility index (Phi) is 5.52. The van der Waals surface area contributed by atoms with E-state index in [1.165, 1.54) is 0 Å². The molecule has 3 aromatic rings. The second-order valence-corrected chi connectivity index (χ2v) is 6.61. The molecular weight excluding hydrogens is 373 g/mol. The Morgan fingerprint density at radius 3 is 2.38 bits per heavy atom.